The van der Waals surface area contributed by atoms with Gasteiger partial charge < -0.3 is 4.74 Å². The van der Waals surface area contributed by atoms with E-state index in [1.807, 2.05) is 17.5 Å². The van der Waals surface area contributed by atoms with Crippen LogP contribution in [0, 0.1) is 0 Å². The lowest BCUT2D eigenvalue weighted by Gasteiger charge is -1.96. The fraction of sp³-hybridized carbons (Fsp3) is 0.273. The Bertz CT molecular complexity index is 414. The normalized spacial score (nSPS) is 10.5. The highest BCUT2D eigenvalue weighted by molar-refractivity contribution is 7.09. The molecule has 0 aromatic carbocycles. The van der Waals surface area contributed by atoms with Gasteiger partial charge in [-0.3, -0.25) is 4.98 Å². The first-order valence-electron chi connectivity index (χ1n) is 4.69. The minimum atomic E-state index is 0.590. The van der Waals surface area contributed by atoms with Crippen molar-refractivity contribution in [2.24, 2.45) is 0 Å². The van der Waals surface area contributed by atoms with Crippen molar-refractivity contribution in [3.05, 3.63) is 46.2 Å². The lowest BCUT2D eigenvalue weighted by Crippen LogP contribution is -1.90. The predicted octanol–water partition coefficient (Wildman–Crippen LogP) is 2.28. The van der Waals surface area contributed by atoms with Crippen LogP contribution < -0.4 is 0 Å². The first-order valence-corrected chi connectivity index (χ1v) is 5.57. The molecule has 0 spiro atoms. The van der Waals surface area contributed by atoms with Gasteiger partial charge in [0.05, 0.1) is 17.3 Å². The van der Waals surface area contributed by atoms with Crippen molar-refractivity contribution in [2.45, 2.75) is 13.0 Å². The molecule has 0 aliphatic rings. The van der Waals surface area contributed by atoms with Gasteiger partial charge in [0, 0.05) is 31.3 Å². The summed E-state index contributed by atoms with van der Waals surface area (Å²) in [5, 5.41) is 3.16. The van der Waals surface area contributed by atoms with Gasteiger partial charge in [-0.25, -0.2) is 4.98 Å². The van der Waals surface area contributed by atoms with Crippen molar-refractivity contribution in [2.75, 3.05) is 7.11 Å². The van der Waals surface area contributed by atoms with E-state index in [2.05, 4.69) is 9.97 Å². The van der Waals surface area contributed by atoms with Crippen molar-refractivity contribution in [1.29, 1.82) is 0 Å². The van der Waals surface area contributed by atoms with Crippen molar-refractivity contribution >= 4 is 11.3 Å². The van der Waals surface area contributed by atoms with Crippen LogP contribution in [0.2, 0.25) is 0 Å². The molecule has 0 unspecified atom stereocenters. The molecule has 0 fully saturated rings. The van der Waals surface area contributed by atoms with Crippen molar-refractivity contribution < 1.29 is 4.74 Å². The molecule has 0 aliphatic heterocycles. The predicted molar refractivity (Wildman–Crippen MR) is 59.9 cm³/mol. The number of aromatic nitrogens is 2. The summed E-state index contributed by atoms with van der Waals surface area (Å²) < 4.78 is 5.03. The molecule has 4 heteroatoms. The second-order valence-electron chi connectivity index (χ2n) is 3.20. The van der Waals surface area contributed by atoms with Crippen LogP contribution in [0.1, 0.15) is 16.3 Å². The molecular weight excluding hydrogens is 208 g/mol. The zero-order valence-corrected chi connectivity index (χ0v) is 9.33. The molecule has 78 valence electrons. The average molecular weight is 220 g/mol. The molecule has 0 saturated heterocycles. The third kappa shape index (κ3) is 2.84. The van der Waals surface area contributed by atoms with Gasteiger partial charge in [-0.05, 0) is 17.7 Å². The fourth-order valence-electron chi connectivity index (χ4n) is 1.32. The Morgan fingerprint density at radius 1 is 1.33 bits per heavy atom. The summed E-state index contributed by atoms with van der Waals surface area (Å²) in [7, 11) is 1.68. The van der Waals surface area contributed by atoms with Gasteiger partial charge in [-0.2, -0.15) is 0 Å². The zero-order chi connectivity index (χ0) is 10.5. The van der Waals surface area contributed by atoms with Crippen molar-refractivity contribution in [3.63, 3.8) is 0 Å². The largest absolute Gasteiger partial charge is 0.378 e. The van der Waals surface area contributed by atoms with Gasteiger partial charge >= 0.3 is 0 Å². The van der Waals surface area contributed by atoms with Crippen LogP contribution in [0.3, 0.4) is 0 Å². The lowest BCUT2D eigenvalue weighted by atomic mass is 10.2. The standard InChI is InChI=1S/C11H12N2OS/c1-14-7-10-8-15-11(13-10)6-9-2-4-12-5-3-9/h2-5,8H,6-7H2,1H3. The Morgan fingerprint density at radius 2 is 2.13 bits per heavy atom. The smallest absolute Gasteiger partial charge is 0.0973 e. The van der Waals surface area contributed by atoms with Gasteiger partial charge in [0.2, 0.25) is 0 Å². The minimum Gasteiger partial charge on any atom is -0.378 e. The van der Waals surface area contributed by atoms with Crippen LogP contribution in [0.25, 0.3) is 0 Å². The van der Waals surface area contributed by atoms with Crippen LogP contribution in [0.15, 0.2) is 29.9 Å². The molecule has 0 amide bonds. The quantitative estimate of drug-likeness (QED) is 0.793. The summed E-state index contributed by atoms with van der Waals surface area (Å²) in [5.41, 5.74) is 2.25. The molecule has 0 N–H and O–H groups in total. The fourth-order valence-corrected chi connectivity index (χ4v) is 2.13. The van der Waals surface area contributed by atoms with Gasteiger partial charge in [-0.15, -0.1) is 11.3 Å². The van der Waals surface area contributed by atoms with Gasteiger partial charge in [0.25, 0.3) is 0 Å². The molecule has 0 saturated carbocycles. The van der Waals surface area contributed by atoms with Crippen LogP contribution >= 0.6 is 11.3 Å². The van der Waals surface area contributed by atoms with Crippen LogP contribution in [0.4, 0.5) is 0 Å². The maximum absolute atomic E-state index is 5.03. The molecule has 0 bridgehead atoms. The summed E-state index contributed by atoms with van der Waals surface area (Å²) in [4.78, 5) is 8.45. The SMILES string of the molecule is COCc1csc(Cc2ccncc2)n1. The van der Waals surface area contributed by atoms with Crippen molar-refractivity contribution in [1.82, 2.24) is 9.97 Å². The number of hydrogen-bond acceptors (Lipinski definition) is 4. The van der Waals surface area contributed by atoms with E-state index in [0.717, 1.165) is 17.1 Å². The molecule has 2 rings (SSSR count). The first kappa shape index (κ1) is 10.3. The zero-order valence-electron chi connectivity index (χ0n) is 8.51. The minimum absolute atomic E-state index is 0.590. The van der Waals surface area contributed by atoms with Crippen LogP contribution in [-0.4, -0.2) is 17.1 Å². The van der Waals surface area contributed by atoms with Crippen LogP contribution in [-0.2, 0) is 17.8 Å². The second-order valence-corrected chi connectivity index (χ2v) is 4.14. The molecule has 3 nitrogen and oxygen atoms in total. The molecule has 2 aromatic rings. The summed E-state index contributed by atoms with van der Waals surface area (Å²) in [6.07, 6.45) is 4.48. The lowest BCUT2D eigenvalue weighted by molar-refractivity contribution is 0.182. The molecule has 2 heterocycles. The molecule has 2 aromatic heterocycles. The highest BCUT2D eigenvalue weighted by atomic mass is 32.1. The number of pyridine rings is 1. The summed E-state index contributed by atoms with van der Waals surface area (Å²) in [6.45, 7) is 0.590. The number of ether oxygens (including phenoxy) is 1. The van der Waals surface area contributed by atoms with Crippen molar-refractivity contribution in [3.8, 4) is 0 Å². The summed E-state index contributed by atoms with van der Waals surface area (Å²) >= 11 is 1.67. The topological polar surface area (TPSA) is 35.0 Å². The van der Waals surface area contributed by atoms with E-state index >= 15 is 0 Å². The Balaban J connectivity index is 2.05. The van der Waals surface area contributed by atoms with Gasteiger partial charge in [0.15, 0.2) is 0 Å². The van der Waals surface area contributed by atoms with E-state index in [9.17, 15) is 0 Å². The maximum Gasteiger partial charge on any atom is 0.0973 e. The van der Waals surface area contributed by atoms with E-state index in [1.54, 1.807) is 30.8 Å². The van der Waals surface area contributed by atoms with E-state index in [4.69, 9.17) is 4.74 Å². The summed E-state index contributed by atoms with van der Waals surface area (Å²) in [6, 6.07) is 4.02. The Hall–Kier alpha value is -1.26. The monoisotopic (exact) mass is 220 g/mol. The number of nitrogens with zero attached hydrogens (tertiary/aromatic N) is 2. The Morgan fingerprint density at radius 3 is 2.87 bits per heavy atom. The molecular formula is C11H12N2OS. The summed E-state index contributed by atoms with van der Waals surface area (Å²) in [5.74, 6) is 0. The third-order valence-corrected chi connectivity index (χ3v) is 2.89. The maximum atomic E-state index is 5.03. The number of methoxy groups -OCH3 is 1. The highest BCUT2D eigenvalue weighted by Crippen LogP contribution is 2.14. The van der Waals surface area contributed by atoms with Crippen LogP contribution in [0.5, 0.6) is 0 Å². The first-order chi connectivity index (χ1) is 7.38. The number of rotatable bonds is 4. The van der Waals surface area contributed by atoms with E-state index in [1.165, 1.54) is 5.56 Å². The number of hydrogen-bond donors (Lipinski definition) is 0. The highest BCUT2D eigenvalue weighted by Gasteiger charge is 2.02. The molecule has 0 aliphatic carbocycles. The Kier molecular flexibility index (Phi) is 3.42. The Labute approximate surface area is 92.8 Å². The molecule has 0 radical (unpaired) electrons. The number of thiazole rings is 1. The van der Waals surface area contributed by atoms with Gasteiger partial charge in [-0.1, -0.05) is 0 Å². The van der Waals surface area contributed by atoms with E-state index in [0.29, 0.717) is 6.61 Å². The second kappa shape index (κ2) is 5.00. The average Bonchev–Trinajstić information content (AvgIpc) is 2.68. The van der Waals surface area contributed by atoms with E-state index in [-0.39, 0.29) is 0 Å². The van der Waals surface area contributed by atoms with E-state index < -0.39 is 0 Å². The molecule has 0 atom stereocenters. The third-order valence-electron chi connectivity index (χ3n) is 2.00. The van der Waals surface area contributed by atoms with Gasteiger partial charge in [0.1, 0.15) is 0 Å². The molecule has 15 heavy (non-hydrogen) atoms.